The molecular formula is C13H21N3O2S. The molecule has 1 amide bonds. The Morgan fingerprint density at radius 2 is 2.26 bits per heavy atom. The third kappa shape index (κ3) is 3.32. The van der Waals surface area contributed by atoms with Crippen LogP contribution in [0.25, 0.3) is 0 Å². The first kappa shape index (κ1) is 14.4. The number of thiazole rings is 1. The number of hydrogen-bond acceptors (Lipinski definition) is 5. The van der Waals surface area contributed by atoms with Crippen LogP contribution < -0.4 is 5.73 Å². The van der Waals surface area contributed by atoms with Crippen LogP contribution in [-0.4, -0.2) is 41.6 Å². The van der Waals surface area contributed by atoms with Crippen LogP contribution in [0.5, 0.6) is 0 Å². The lowest BCUT2D eigenvalue weighted by Crippen LogP contribution is -2.57. The van der Waals surface area contributed by atoms with E-state index >= 15 is 0 Å². The monoisotopic (exact) mass is 283 g/mol. The minimum absolute atomic E-state index is 0.0101. The minimum atomic E-state index is -0.766. The van der Waals surface area contributed by atoms with Gasteiger partial charge in [0, 0.05) is 31.3 Å². The van der Waals surface area contributed by atoms with E-state index in [0.29, 0.717) is 32.6 Å². The topological polar surface area (TPSA) is 68.5 Å². The molecule has 1 aliphatic heterocycles. The molecule has 1 fully saturated rings. The molecule has 0 bridgehead atoms. The molecule has 0 aromatic carbocycles. The van der Waals surface area contributed by atoms with Gasteiger partial charge in [-0.3, -0.25) is 4.79 Å². The third-order valence-electron chi connectivity index (χ3n) is 3.48. The molecule has 1 aliphatic rings. The summed E-state index contributed by atoms with van der Waals surface area (Å²) in [5.41, 5.74) is 5.43. The van der Waals surface area contributed by atoms with E-state index in [1.165, 1.54) is 4.88 Å². The number of likely N-dealkylation sites (N-methyl/N-ethyl adjacent to an activating group) is 1. The first-order valence-corrected chi connectivity index (χ1v) is 7.42. The Kier molecular flexibility index (Phi) is 4.54. The molecule has 6 heteroatoms. The Labute approximate surface area is 117 Å². The van der Waals surface area contributed by atoms with Gasteiger partial charge in [-0.05, 0) is 19.3 Å². The molecule has 2 N–H and O–H groups in total. The van der Waals surface area contributed by atoms with Crippen molar-refractivity contribution in [1.29, 1.82) is 0 Å². The summed E-state index contributed by atoms with van der Waals surface area (Å²) in [5, 5.41) is 0.961. The molecule has 0 spiro atoms. The number of amides is 1. The predicted octanol–water partition coefficient (Wildman–Crippen LogP) is 1.17. The SMILES string of the molecule is CCc1cnc(CN(C)C(=O)C2(N)CCOCC2)s1. The molecule has 1 saturated heterocycles. The van der Waals surface area contributed by atoms with Crippen molar-refractivity contribution in [3.05, 3.63) is 16.1 Å². The Bertz CT molecular complexity index is 441. The zero-order chi connectivity index (χ0) is 13.9. The maximum absolute atomic E-state index is 12.4. The van der Waals surface area contributed by atoms with Gasteiger partial charge < -0.3 is 15.4 Å². The molecule has 2 heterocycles. The number of hydrogen-bond donors (Lipinski definition) is 1. The molecular weight excluding hydrogens is 262 g/mol. The van der Waals surface area contributed by atoms with Gasteiger partial charge in [0.15, 0.2) is 0 Å². The second kappa shape index (κ2) is 5.98. The van der Waals surface area contributed by atoms with E-state index in [2.05, 4.69) is 11.9 Å². The third-order valence-corrected chi connectivity index (χ3v) is 4.61. The zero-order valence-electron chi connectivity index (χ0n) is 11.5. The highest BCUT2D eigenvalue weighted by atomic mass is 32.1. The lowest BCUT2D eigenvalue weighted by Gasteiger charge is -2.35. The number of carbonyl (C=O) groups excluding carboxylic acids is 1. The molecule has 0 radical (unpaired) electrons. The number of rotatable bonds is 4. The summed E-state index contributed by atoms with van der Waals surface area (Å²) in [7, 11) is 1.79. The van der Waals surface area contributed by atoms with E-state index in [1.54, 1.807) is 23.3 Å². The molecule has 106 valence electrons. The molecule has 19 heavy (non-hydrogen) atoms. The van der Waals surface area contributed by atoms with Gasteiger partial charge in [0.1, 0.15) is 5.01 Å². The normalized spacial score (nSPS) is 18.3. The highest BCUT2D eigenvalue weighted by Gasteiger charge is 2.37. The van der Waals surface area contributed by atoms with Crippen molar-refractivity contribution in [2.24, 2.45) is 5.73 Å². The van der Waals surface area contributed by atoms with Crippen molar-refractivity contribution in [1.82, 2.24) is 9.88 Å². The number of ether oxygens (including phenoxy) is 1. The van der Waals surface area contributed by atoms with E-state index in [-0.39, 0.29) is 5.91 Å². The van der Waals surface area contributed by atoms with Gasteiger partial charge in [0.25, 0.3) is 0 Å². The van der Waals surface area contributed by atoms with Crippen molar-refractivity contribution in [2.45, 2.75) is 38.3 Å². The van der Waals surface area contributed by atoms with E-state index in [0.717, 1.165) is 11.4 Å². The smallest absolute Gasteiger partial charge is 0.242 e. The lowest BCUT2D eigenvalue weighted by atomic mass is 9.90. The van der Waals surface area contributed by atoms with E-state index in [4.69, 9.17) is 10.5 Å². The van der Waals surface area contributed by atoms with Crippen LogP contribution in [0.1, 0.15) is 29.7 Å². The molecule has 2 rings (SSSR count). The summed E-state index contributed by atoms with van der Waals surface area (Å²) in [5.74, 6) is -0.0101. The summed E-state index contributed by atoms with van der Waals surface area (Å²) >= 11 is 1.65. The number of carbonyl (C=O) groups is 1. The van der Waals surface area contributed by atoms with Crippen LogP contribution >= 0.6 is 11.3 Å². The Morgan fingerprint density at radius 1 is 1.58 bits per heavy atom. The number of aromatic nitrogens is 1. The fourth-order valence-electron chi connectivity index (χ4n) is 2.19. The Balaban J connectivity index is 1.98. The number of nitrogens with two attached hydrogens (primary N) is 1. The summed E-state index contributed by atoms with van der Waals surface area (Å²) in [6.07, 6.45) is 4.04. The molecule has 0 saturated carbocycles. The van der Waals surface area contributed by atoms with Gasteiger partial charge in [-0.1, -0.05) is 6.92 Å². The summed E-state index contributed by atoms with van der Waals surface area (Å²) in [4.78, 5) is 19.7. The second-order valence-electron chi connectivity index (χ2n) is 5.00. The predicted molar refractivity (Wildman–Crippen MR) is 74.9 cm³/mol. The largest absolute Gasteiger partial charge is 0.381 e. The first-order chi connectivity index (χ1) is 9.05. The van der Waals surface area contributed by atoms with Crippen LogP contribution in [0.15, 0.2) is 6.20 Å². The van der Waals surface area contributed by atoms with Crippen LogP contribution in [-0.2, 0) is 22.5 Å². The lowest BCUT2D eigenvalue weighted by molar-refractivity contribution is -0.139. The van der Waals surface area contributed by atoms with Gasteiger partial charge in [0.05, 0.1) is 12.1 Å². The molecule has 0 atom stereocenters. The van der Waals surface area contributed by atoms with Crippen molar-refractivity contribution in [3.63, 3.8) is 0 Å². The summed E-state index contributed by atoms with van der Waals surface area (Å²) < 4.78 is 5.27. The fourth-order valence-corrected chi connectivity index (χ4v) is 3.10. The van der Waals surface area contributed by atoms with Crippen LogP contribution in [0, 0.1) is 0 Å². The van der Waals surface area contributed by atoms with Gasteiger partial charge in [-0.25, -0.2) is 4.98 Å². The summed E-state index contributed by atoms with van der Waals surface area (Å²) in [6, 6.07) is 0. The van der Waals surface area contributed by atoms with E-state index < -0.39 is 5.54 Å². The van der Waals surface area contributed by atoms with Crippen molar-refractivity contribution < 1.29 is 9.53 Å². The molecule has 1 aromatic heterocycles. The first-order valence-electron chi connectivity index (χ1n) is 6.61. The number of aryl methyl sites for hydroxylation is 1. The Hall–Kier alpha value is -0.980. The van der Waals surface area contributed by atoms with Crippen molar-refractivity contribution in [2.75, 3.05) is 20.3 Å². The standard InChI is InChI=1S/C13H21N3O2S/c1-3-10-8-15-11(19-10)9-16(2)12(17)13(14)4-6-18-7-5-13/h8H,3-7,9,14H2,1-2H3. The van der Waals surface area contributed by atoms with E-state index in [1.807, 2.05) is 6.20 Å². The Morgan fingerprint density at radius 3 is 2.84 bits per heavy atom. The van der Waals surface area contributed by atoms with Crippen LogP contribution in [0.4, 0.5) is 0 Å². The van der Waals surface area contributed by atoms with Gasteiger partial charge >= 0.3 is 0 Å². The van der Waals surface area contributed by atoms with E-state index in [9.17, 15) is 4.79 Å². The minimum Gasteiger partial charge on any atom is -0.381 e. The van der Waals surface area contributed by atoms with Gasteiger partial charge in [-0.15, -0.1) is 11.3 Å². The molecule has 0 aliphatic carbocycles. The van der Waals surface area contributed by atoms with Gasteiger partial charge in [-0.2, -0.15) is 0 Å². The maximum atomic E-state index is 12.4. The number of nitrogens with zero attached hydrogens (tertiary/aromatic N) is 2. The van der Waals surface area contributed by atoms with Gasteiger partial charge in [0.2, 0.25) is 5.91 Å². The average Bonchev–Trinajstić information content (AvgIpc) is 2.86. The van der Waals surface area contributed by atoms with Crippen LogP contribution in [0.2, 0.25) is 0 Å². The average molecular weight is 283 g/mol. The highest BCUT2D eigenvalue weighted by Crippen LogP contribution is 2.22. The summed E-state index contributed by atoms with van der Waals surface area (Å²) in [6.45, 7) is 3.76. The zero-order valence-corrected chi connectivity index (χ0v) is 12.3. The van der Waals surface area contributed by atoms with Crippen molar-refractivity contribution >= 4 is 17.2 Å². The highest BCUT2D eigenvalue weighted by molar-refractivity contribution is 7.11. The molecule has 0 unspecified atom stereocenters. The molecule has 1 aromatic rings. The quantitative estimate of drug-likeness (QED) is 0.900. The fraction of sp³-hybridized carbons (Fsp3) is 0.692. The maximum Gasteiger partial charge on any atom is 0.242 e. The van der Waals surface area contributed by atoms with Crippen LogP contribution in [0.3, 0.4) is 0 Å². The van der Waals surface area contributed by atoms with Crippen molar-refractivity contribution in [3.8, 4) is 0 Å². The molecule has 5 nitrogen and oxygen atoms in total. The second-order valence-corrected chi connectivity index (χ2v) is 6.20.